The van der Waals surface area contributed by atoms with Gasteiger partial charge in [0.15, 0.2) is 0 Å². The lowest BCUT2D eigenvalue weighted by molar-refractivity contribution is -0.114. The van der Waals surface area contributed by atoms with Crippen LogP contribution in [0.2, 0.25) is 15.1 Å². The third-order valence-corrected chi connectivity index (χ3v) is 8.08. The minimum Gasteiger partial charge on any atom is -0.384 e. The van der Waals surface area contributed by atoms with Gasteiger partial charge in [0, 0.05) is 40.8 Å². The summed E-state index contributed by atoms with van der Waals surface area (Å²) in [6, 6.07) is 13.2. The minimum absolute atomic E-state index is 0.0407. The predicted octanol–water partition coefficient (Wildman–Crippen LogP) is 7.57. The second-order valence-electron chi connectivity index (χ2n) is 8.80. The van der Waals surface area contributed by atoms with Crippen LogP contribution in [0, 0.1) is 11.2 Å². The molecule has 6 nitrogen and oxygen atoms in total. The molecule has 0 heterocycles. The van der Waals surface area contributed by atoms with Crippen molar-refractivity contribution in [3.8, 4) is 0 Å². The van der Waals surface area contributed by atoms with E-state index >= 15 is 0 Å². The normalized spacial score (nSPS) is 19.4. The van der Waals surface area contributed by atoms with Gasteiger partial charge in [0.1, 0.15) is 16.4 Å². The van der Waals surface area contributed by atoms with Crippen molar-refractivity contribution in [1.29, 1.82) is 0 Å². The number of hydrogen-bond donors (Lipinski definition) is 3. The third-order valence-electron chi connectivity index (χ3n) is 6.17. The first-order chi connectivity index (χ1) is 17.9. The molecule has 198 valence electrons. The molecule has 0 aliphatic heterocycles. The summed E-state index contributed by atoms with van der Waals surface area (Å²) in [5.74, 6) is -2.27. The lowest BCUT2D eigenvalue weighted by Crippen LogP contribution is -2.23. The molecule has 2 unspecified atom stereocenters. The summed E-state index contributed by atoms with van der Waals surface area (Å²) in [4.78, 5) is 36.5. The van der Waals surface area contributed by atoms with E-state index < -0.39 is 33.3 Å². The summed E-state index contributed by atoms with van der Waals surface area (Å²) in [6.07, 6.45) is 0.699. The average Bonchev–Trinajstić information content (AvgIpc) is 3.34. The number of hydrogen-bond acceptors (Lipinski definition) is 4. The van der Waals surface area contributed by atoms with Crippen LogP contribution in [0.3, 0.4) is 0 Å². The zero-order valence-electron chi connectivity index (χ0n) is 19.6. The molecule has 3 aromatic rings. The second-order valence-corrected chi connectivity index (χ2v) is 11.5. The molecule has 0 radical (unpaired) electrons. The summed E-state index contributed by atoms with van der Waals surface area (Å²) in [6.45, 7) is 1.28. The molecule has 0 bridgehead atoms. The number of benzene rings is 3. The fraction of sp³-hybridized carbons (Fsp3) is 0.192. The molecule has 0 aromatic heterocycles. The van der Waals surface area contributed by atoms with Crippen LogP contribution in [0.5, 0.6) is 0 Å². The van der Waals surface area contributed by atoms with Crippen LogP contribution in [0.25, 0.3) is 0 Å². The van der Waals surface area contributed by atoms with E-state index in [1.165, 1.54) is 31.2 Å². The maximum Gasteiger partial charge on any atom is 0.257 e. The van der Waals surface area contributed by atoms with Gasteiger partial charge in [-0.15, -0.1) is 0 Å². The van der Waals surface area contributed by atoms with E-state index in [1.807, 2.05) is 0 Å². The first kappa shape index (κ1) is 28.5. The SMILES string of the molecule is CC(=O)Nc1cc(NC(=O)c2cc(NCC3(C=O)C(c4cc(Cl)cc(Cl)c4)C3(Cl)Cl)ccc2Cl)ccc1F. The van der Waals surface area contributed by atoms with E-state index in [1.54, 1.807) is 24.3 Å². The van der Waals surface area contributed by atoms with Crippen molar-refractivity contribution in [2.45, 2.75) is 17.2 Å². The highest BCUT2D eigenvalue weighted by atomic mass is 35.5. The minimum atomic E-state index is -1.42. The molecule has 4 rings (SSSR count). The van der Waals surface area contributed by atoms with Crippen molar-refractivity contribution in [2.24, 2.45) is 5.41 Å². The first-order valence-corrected chi connectivity index (χ1v) is 13.0. The van der Waals surface area contributed by atoms with E-state index in [0.717, 1.165) is 6.07 Å². The highest BCUT2D eigenvalue weighted by Gasteiger charge is 2.76. The van der Waals surface area contributed by atoms with Gasteiger partial charge in [0.05, 0.1) is 21.7 Å². The molecule has 3 N–H and O–H groups in total. The molecule has 2 atom stereocenters. The van der Waals surface area contributed by atoms with Crippen LogP contribution in [0.15, 0.2) is 54.6 Å². The smallest absolute Gasteiger partial charge is 0.257 e. The number of nitrogens with one attached hydrogen (secondary N) is 3. The number of aldehydes is 1. The second kappa shape index (κ2) is 10.9. The Balaban J connectivity index is 1.52. The summed E-state index contributed by atoms with van der Waals surface area (Å²) in [5.41, 5.74) is 0.166. The Bertz CT molecular complexity index is 1430. The average molecular weight is 618 g/mol. The first-order valence-electron chi connectivity index (χ1n) is 11.1. The van der Waals surface area contributed by atoms with Gasteiger partial charge in [-0.3, -0.25) is 9.59 Å². The summed E-state index contributed by atoms with van der Waals surface area (Å²) in [5, 5.41) is 9.00. The molecular weight excluding hydrogens is 599 g/mol. The van der Waals surface area contributed by atoms with Crippen LogP contribution in [-0.2, 0) is 9.59 Å². The van der Waals surface area contributed by atoms with Crippen molar-refractivity contribution in [1.82, 2.24) is 0 Å². The fourth-order valence-corrected chi connectivity index (χ4v) is 6.00. The van der Waals surface area contributed by atoms with Crippen LogP contribution >= 0.6 is 58.0 Å². The Labute approximate surface area is 242 Å². The predicted molar refractivity (Wildman–Crippen MR) is 151 cm³/mol. The van der Waals surface area contributed by atoms with Crippen LogP contribution in [0.4, 0.5) is 21.5 Å². The van der Waals surface area contributed by atoms with Gasteiger partial charge in [0.25, 0.3) is 5.91 Å². The lowest BCUT2D eigenvalue weighted by Gasteiger charge is -2.15. The molecule has 12 heteroatoms. The third kappa shape index (κ3) is 5.58. The van der Waals surface area contributed by atoms with Crippen molar-refractivity contribution >= 4 is 93.2 Å². The number of halogens is 6. The van der Waals surface area contributed by atoms with E-state index in [2.05, 4.69) is 16.0 Å². The molecule has 1 saturated carbocycles. The highest BCUT2D eigenvalue weighted by Crippen LogP contribution is 2.73. The van der Waals surface area contributed by atoms with Crippen molar-refractivity contribution in [3.63, 3.8) is 0 Å². The molecule has 0 saturated heterocycles. The number of carbonyl (C=O) groups is 3. The van der Waals surface area contributed by atoms with Gasteiger partial charge in [-0.25, -0.2) is 4.39 Å². The van der Waals surface area contributed by atoms with Gasteiger partial charge in [-0.2, -0.15) is 0 Å². The van der Waals surface area contributed by atoms with Gasteiger partial charge >= 0.3 is 0 Å². The van der Waals surface area contributed by atoms with Crippen LogP contribution < -0.4 is 16.0 Å². The fourth-order valence-electron chi connectivity index (χ4n) is 4.28. The maximum absolute atomic E-state index is 13.9. The summed E-state index contributed by atoms with van der Waals surface area (Å²) in [7, 11) is 0. The number of alkyl halides is 2. The van der Waals surface area contributed by atoms with Crippen LogP contribution in [0.1, 0.15) is 28.8 Å². The number of anilines is 3. The summed E-state index contributed by atoms with van der Waals surface area (Å²) >= 11 is 31.6. The van der Waals surface area contributed by atoms with Crippen LogP contribution in [-0.4, -0.2) is 29.0 Å². The van der Waals surface area contributed by atoms with Crippen molar-refractivity contribution in [3.05, 3.63) is 86.6 Å². The van der Waals surface area contributed by atoms with Crippen molar-refractivity contribution in [2.75, 3.05) is 22.5 Å². The molecule has 1 aliphatic carbocycles. The molecule has 2 amide bonds. The zero-order valence-corrected chi connectivity index (χ0v) is 23.3. The molecule has 1 fully saturated rings. The molecule has 0 spiro atoms. The highest BCUT2D eigenvalue weighted by molar-refractivity contribution is 6.54. The van der Waals surface area contributed by atoms with Gasteiger partial charge in [-0.05, 0) is 60.2 Å². The molecular formula is C26H19Cl5FN3O3. The number of amides is 2. The Hall–Kier alpha value is -2.55. The molecule has 38 heavy (non-hydrogen) atoms. The summed E-state index contributed by atoms with van der Waals surface area (Å²) < 4.78 is 12.5. The standard InChI is InChI=1S/C26H19Cl5FN3O3/c1-13(37)34-22-10-18(3-5-21(22)32)35-24(38)19-9-17(2-4-20(19)29)33-11-25(12-36)23(26(25,30)31)14-6-15(27)8-16(28)7-14/h2-10,12,23,33H,11H2,1H3,(H,34,37)(H,35,38). The number of rotatable bonds is 8. The Kier molecular flexibility index (Phi) is 8.17. The zero-order chi connectivity index (χ0) is 27.8. The quantitative estimate of drug-likeness (QED) is 0.180. The molecule has 3 aromatic carbocycles. The Morgan fingerprint density at radius 1 is 0.947 bits per heavy atom. The van der Waals surface area contributed by atoms with Gasteiger partial charge < -0.3 is 20.7 Å². The van der Waals surface area contributed by atoms with E-state index in [-0.39, 0.29) is 28.5 Å². The van der Waals surface area contributed by atoms with E-state index in [9.17, 15) is 18.8 Å². The Morgan fingerprint density at radius 2 is 1.61 bits per heavy atom. The van der Waals surface area contributed by atoms with E-state index in [4.69, 9.17) is 58.0 Å². The number of carbonyl (C=O) groups excluding carboxylic acids is 3. The maximum atomic E-state index is 13.9. The largest absolute Gasteiger partial charge is 0.384 e. The van der Waals surface area contributed by atoms with Gasteiger partial charge in [0.2, 0.25) is 5.91 Å². The van der Waals surface area contributed by atoms with Gasteiger partial charge in [-0.1, -0.05) is 58.0 Å². The van der Waals surface area contributed by atoms with E-state index in [0.29, 0.717) is 27.6 Å². The molecule has 1 aliphatic rings. The monoisotopic (exact) mass is 615 g/mol. The Morgan fingerprint density at radius 3 is 2.24 bits per heavy atom. The topological polar surface area (TPSA) is 87.3 Å². The van der Waals surface area contributed by atoms with Crippen molar-refractivity contribution < 1.29 is 18.8 Å². The lowest BCUT2D eigenvalue weighted by atomic mass is 10.00.